The maximum absolute atomic E-state index is 12.2. The molecule has 0 aliphatic carbocycles. The molecule has 126 valence electrons. The van der Waals surface area contributed by atoms with E-state index in [0.717, 1.165) is 29.9 Å². The molecule has 0 radical (unpaired) electrons. The fraction of sp³-hybridized carbons (Fsp3) is 0.611. The second-order valence-corrected chi connectivity index (χ2v) is 6.59. The van der Waals surface area contributed by atoms with Crippen LogP contribution in [0.25, 0.3) is 0 Å². The van der Waals surface area contributed by atoms with Crippen LogP contribution in [-0.2, 0) is 11.2 Å². The predicted octanol–water partition coefficient (Wildman–Crippen LogP) is 2.04. The van der Waals surface area contributed by atoms with Gasteiger partial charge < -0.3 is 20.1 Å². The first kappa shape index (κ1) is 16.1. The Bertz CT molecular complexity index is 527. The van der Waals surface area contributed by atoms with Crippen molar-refractivity contribution in [2.24, 2.45) is 0 Å². The smallest absolute Gasteiger partial charge is 0.220 e. The Hall–Kier alpha value is -1.75. The molecule has 2 heterocycles. The Balaban J connectivity index is 1.50. The molecule has 1 amide bonds. The van der Waals surface area contributed by atoms with E-state index in [1.54, 1.807) is 14.2 Å². The summed E-state index contributed by atoms with van der Waals surface area (Å²) >= 11 is 0. The van der Waals surface area contributed by atoms with Gasteiger partial charge >= 0.3 is 0 Å². The van der Waals surface area contributed by atoms with Gasteiger partial charge in [-0.1, -0.05) is 0 Å². The molecule has 0 spiro atoms. The summed E-state index contributed by atoms with van der Waals surface area (Å²) in [6.07, 6.45) is 5.82. The van der Waals surface area contributed by atoms with Crippen LogP contribution in [0.4, 0.5) is 0 Å². The quantitative estimate of drug-likeness (QED) is 0.843. The van der Waals surface area contributed by atoms with Crippen molar-refractivity contribution in [1.29, 1.82) is 0 Å². The Morgan fingerprint density at radius 1 is 1.13 bits per heavy atom. The van der Waals surface area contributed by atoms with Gasteiger partial charge in [-0.2, -0.15) is 0 Å². The van der Waals surface area contributed by atoms with Gasteiger partial charge in [-0.3, -0.25) is 4.79 Å². The first-order chi connectivity index (χ1) is 11.2. The van der Waals surface area contributed by atoms with Gasteiger partial charge in [0.1, 0.15) is 11.5 Å². The summed E-state index contributed by atoms with van der Waals surface area (Å²) in [7, 11) is 3.27. The van der Waals surface area contributed by atoms with Crippen LogP contribution < -0.4 is 20.1 Å². The number of methoxy groups -OCH3 is 2. The van der Waals surface area contributed by atoms with Crippen LogP contribution in [-0.4, -0.2) is 38.3 Å². The summed E-state index contributed by atoms with van der Waals surface area (Å²) in [5, 5.41) is 6.80. The third-order valence-electron chi connectivity index (χ3n) is 4.89. The highest BCUT2D eigenvalue weighted by Gasteiger charge is 2.33. The van der Waals surface area contributed by atoms with E-state index in [9.17, 15) is 4.79 Å². The van der Waals surface area contributed by atoms with E-state index < -0.39 is 0 Å². The maximum atomic E-state index is 12.2. The second-order valence-electron chi connectivity index (χ2n) is 6.59. The minimum atomic E-state index is 0.137. The van der Waals surface area contributed by atoms with E-state index in [1.165, 1.54) is 12.8 Å². The SMILES string of the molecule is COc1cc(CCC(=O)NC2CC3CCC(C2)N3)cc(OC)c1. The lowest BCUT2D eigenvalue weighted by molar-refractivity contribution is -0.122. The Morgan fingerprint density at radius 3 is 2.30 bits per heavy atom. The lowest BCUT2D eigenvalue weighted by atomic mass is 9.99. The number of fused-ring (bicyclic) bond motifs is 2. The zero-order chi connectivity index (χ0) is 16.2. The van der Waals surface area contributed by atoms with Crippen LogP contribution in [0, 0.1) is 0 Å². The van der Waals surface area contributed by atoms with Crippen molar-refractivity contribution in [2.45, 2.75) is 56.7 Å². The topological polar surface area (TPSA) is 59.6 Å². The van der Waals surface area contributed by atoms with Crippen LogP contribution in [0.2, 0.25) is 0 Å². The molecule has 2 aliphatic rings. The average molecular weight is 318 g/mol. The Kier molecular flexibility index (Phi) is 5.06. The highest BCUT2D eigenvalue weighted by molar-refractivity contribution is 5.76. The molecule has 2 N–H and O–H groups in total. The van der Waals surface area contributed by atoms with Crippen molar-refractivity contribution in [1.82, 2.24) is 10.6 Å². The van der Waals surface area contributed by atoms with Crippen molar-refractivity contribution < 1.29 is 14.3 Å². The van der Waals surface area contributed by atoms with Crippen LogP contribution in [0.1, 0.15) is 37.7 Å². The van der Waals surface area contributed by atoms with Gasteiger partial charge in [-0.15, -0.1) is 0 Å². The van der Waals surface area contributed by atoms with E-state index in [0.29, 0.717) is 31.0 Å². The molecule has 23 heavy (non-hydrogen) atoms. The molecule has 2 unspecified atom stereocenters. The van der Waals surface area contributed by atoms with Gasteiger partial charge in [-0.25, -0.2) is 0 Å². The molecule has 5 heteroatoms. The number of hydrogen-bond acceptors (Lipinski definition) is 4. The number of carbonyl (C=O) groups excluding carboxylic acids is 1. The number of aryl methyl sites for hydroxylation is 1. The monoisotopic (exact) mass is 318 g/mol. The molecule has 1 aromatic carbocycles. The third kappa shape index (κ3) is 4.16. The van der Waals surface area contributed by atoms with E-state index in [2.05, 4.69) is 10.6 Å². The van der Waals surface area contributed by atoms with Gasteiger partial charge in [0.2, 0.25) is 5.91 Å². The highest BCUT2D eigenvalue weighted by Crippen LogP contribution is 2.27. The lowest BCUT2D eigenvalue weighted by Crippen LogP contribution is -2.48. The molecule has 2 fully saturated rings. The highest BCUT2D eigenvalue weighted by atomic mass is 16.5. The Labute approximate surface area is 137 Å². The summed E-state index contributed by atoms with van der Waals surface area (Å²) < 4.78 is 10.5. The molecule has 2 aliphatic heterocycles. The largest absolute Gasteiger partial charge is 0.497 e. The summed E-state index contributed by atoms with van der Waals surface area (Å²) in [6, 6.07) is 7.29. The number of hydrogen-bond donors (Lipinski definition) is 2. The van der Waals surface area contributed by atoms with Gasteiger partial charge in [-0.05, 0) is 49.8 Å². The summed E-state index contributed by atoms with van der Waals surface area (Å²) in [4.78, 5) is 12.2. The van der Waals surface area contributed by atoms with Crippen LogP contribution in [0.15, 0.2) is 18.2 Å². The fourth-order valence-electron chi connectivity index (χ4n) is 3.74. The standard InChI is InChI=1S/C18H26N2O3/c1-22-16-7-12(8-17(11-16)23-2)3-6-18(21)20-15-9-13-4-5-14(10-15)19-13/h7-8,11,13-15,19H,3-6,9-10H2,1-2H3,(H,20,21). The van der Waals surface area contributed by atoms with Crippen molar-refractivity contribution in [3.05, 3.63) is 23.8 Å². The molecule has 2 atom stereocenters. The van der Waals surface area contributed by atoms with Gasteiger partial charge in [0, 0.05) is 30.6 Å². The number of nitrogens with one attached hydrogen (secondary N) is 2. The molecular weight excluding hydrogens is 292 g/mol. The van der Waals surface area contributed by atoms with Gasteiger partial charge in [0.15, 0.2) is 0 Å². The first-order valence-electron chi connectivity index (χ1n) is 8.43. The normalized spacial score (nSPS) is 25.9. The van der Waals surface area contributed by atoms with E-state index in [-0.39, 0.29) is 5.91 Å². The summed E-state index contributed by atoms with van der Waals surface area (Å²) in [5.41, 5.74) is 1.06. The number of piperidine rings is 1. The van der Waals surface area contributed by atoms with E-state index in [1.807, 2.05) is 18.2 Å². The predicted molar refractivity (Wildman–Crippen MR) is 89.0 cm³/mol. The van der Waals surface area contributed by atoms with Crippen molar-refractivity contribution in [2.75, 3.05) is 14.2 Å². The van der Waals surface area contributed by atoms with Crippen LogP contribution >= 0.6 is 0 Å². The number of benzene rings is 1. The molecule has 2 bridgehead atoms. The zero-order valence-electron chi connectivity index (χ0n) is 13.9. The fourth-order valence-corrected chi connectivity index (χ4v) is 3.74. The molecule has 1 aromatic rings. The molecule has 2 saturated heterocycles. The zero-order valence-corrected chi connectivity index (χ0v) is 13.9. The Morgan fingerprint density at radius 2 is 1.74 bits per heavy atom. The number of rotatable bonds is 6. The molecule has 3 rings (SSSR count). The van der Waals surface area contributed by atoms with Crippen molar-refractivity contribution >= 4 is 5.91 Å². The molecule has 0 saturated carbocycles. The minimum absolute atomic E-state index is 0.137. The number of carbonyl (C=O) groups is 1. The van der Waals surface area contributed by atoms with E-state index >= 15 is 0 Å². The third-order valence-corrected chi connectivity index (χ3v) is 4.89. The maximum Gasteiger partial charge on any atom is 0.220 e. The summed E-state index contributed by atoms with van der Waals surface area (Å²) in [5.74, 6) is 1.66. The van der Waals surface area contributed by atoms with Gasteiger partial charge in [0.25, 0.3) is 0 Å². The molecule has 5 nitrogen and oxygen atoms in total. The number of ether oxygens (including phenoxy) is 2. The second kappa shape index (κ2) is 7.21. The summed E-state index contributed by atoms with van der Waals surface area (Å²) in [6.45, 7) is 0. The van der Waals surface area contributed by atoms with Crippen molar-refractivity contribution in [3.8, 4) is 11.5 Å². The molecular formula is C18H26N2O3. The lowest BCUT2D eigenvalue weighted by Gasteiger charge is -2.29. The van der Waals surface area contributed by atoms with Gasteiger partial charge in [0.05, 0.1) is 14.2 Å². The van der Waals surface area contributed by atoms with Crippen LogP contribution in [0.5, 0.6) is 11.5 Å². The van der Waals surface area contributed by atoms with Crippen molar-refractivity contribution in [3.63, 3.8) is 0 Å². The first-order valence-corrected chi connectivity index (χ1v) is 8.43. The van der Waals surface area contributed by atoms with Crippen LogP contribution in [0.3, 0.4) is 0 Å². The number of amides is 1. The average Bonchev–Trinajstić information content (AvgIpc) is 2.91. The minimum Gasteiger partial charge on any atom is -0.497 e. The molecule has 0 aromatic heterocycles. The van der Waals surface area contributed by atoms with E-state index in [4.69, 9.17) is 9.47 Å².